The van der Waals surface area contributed by atoms with Crippen LogP contribution in [-0.2, 0) is 14.9 Å². The maximum Gasteiger partial charge on any atom is 0.295 e. The highest BCUT2D eigenvalue weighted by Gasteiger charge is 2.20. The highest BCUT2D eigenvalue weighted by atomic mass is 79.9. The Morgan fingerprint density at radius 2 is 1.84 bits per heavy atom. The van der Waals surface area contributed by atoms with E-state index in [-0.39, 0.29) is 4.90 Å². The van der Waals surface area contributed by atoms with Gasteiger partial charge in [0.15, 0.2) is 5.50 Å². The molecule has 1 atom stereocenters. The number of halogens is 2. The number of hydrogen-bond acceptors (Lipinski definition) is 5. The van der Waals surface area contributed by atoms with Crippen LogP contribution in [0.2, 0.25) is 0 Å². The zero-order valence-corrected chi connectivity index (χ0v) is 17.6. The van der Waals surface area contributed by atoms with Gasteiger partial charge in [-0.2, -0.15) is 8.42 Å². The minimum Gasteiger partial charge on any atom is -0.495 e. The fourth-order valence-electron chi connectivity index (χ4n) is 2.45. The Balaban J connectivity index is 0.000000251. The van der Waals surface area contributed by atoms with Gasteiger partial charge in [-0.3, -0.25) is 9.56 Å². The van der Waals surface area contributed by atoms with Crippen molar-refractivity contribution in [1.82, 2.24) is 5.01 Å². The van der Waals surface area contributed by atoms with Crippen LogP contribution >= 0.6 is 27.5 Å². The number of alkyl halides is 1. The Morgan fingerprint density at radius 3 is 2.28 bits per heavy atom. The molecule has 25 heavy (non-hydrogen) atoms. The summed E-state index contributed by atoms with van der Waals surface area (Å²) in [4.78, 5) is 0.0260. The van der Waals surface area contributed by atoms with Gasteiger partial charge in [-0.1, -0.05) is 29.3 Å². The lowest BCUT2D eigenvalue weighted by atomic mass is 10.1. The molecule has 0 fully saturated rings. The highest BCUT2D eigenvalue weighted by molar-refractivity contribution is 9.11. The minimum absolute atomic E-state index is 0.0260. The third-order valence-corrected chi connectivity index (χ3v) is 5.26. The predicted molar refractivity (Wildman–Crippen MR) is 103 cm³/mol. The van der Waals surface area contributed by atoms with Gasteiger partial charge in [-0.25, -0.2) is 5.84 Å². The van der Waals surface area contributed by atoms with Crippen LogP contribution in [0.4, 0.5) is 0 Å². The quantitative estimate of drug-likeness (QED) is 0.313. The van der Waals surface area contributed by atoms with Crippen LogP contribution in [-0.4, -0.2) is 30.1 Å². The summed E-state index contributed by atoms with van der Waals surface area (Å²) in [5, 5.41) is 1.39. The Hall–Kier alpha value is -1.06. The fraction of sp³-hybridized carbons (Fsp3) is 0.375. The first-order valence-electron chi connectivity index (χ1n) is 7.41. The zero-order valence-electron chi connectivity index (χ0n) is 14.5. The van der Waals surface area contributed by atoms with Gasteiger partial charge < -0.3 is 4.74 Å². The third-order valence-electron chi connectivity index (χ3n) is 3.22. The summed E-state index contributed by atoms with van der Waals surface area (Å²) in [7, 11) is -4.08. The molecule has 1 aliphatic rings. The number of hydrazine groups is 1. The number of aryl methyl sites for hydroxylation is 3. The Bertz CT molecular complexity index is 770. The smallest absolute Gasteiger partial charge is 0.295 e. The van der Waals surface area contributed by atoms with Gasteiger partial charge >= 0.3 is 0 Å². The fourth-order valence-corrected chi connectivity index (χ4v) is 4.02. The Morgan fingerprint density at radius 1 is 1.32 bits per heavy atom. The molecule has 2 rings (SSSR count). The summed E-state index contributed by atoms with van der Waals surface area (Å²) in [6.45, 7) is 7.71. The molecule has 9 heteroatoms. The van der Waals surface area contributed by atoms with Gasteiger partial charge in [-0.05, 0) is 60.8 Å². The van der Waals surface area contributed by atoms with Gasteiger partial charge in [0, 0.05) is 10.7 Å². The van der Waals surface area contributed by atoms with E-state index in [2.05, 4.69) is 15.9 Å². The van der Waals surface area contributed by atoms with E-state index in [1.807, 2.05) is 19.9 Å². The molecule has 0 saturated carbocycles. The maximum absolute atomic E-state index is 10.9. The number of rotatable bonds is 3. The second-order valence-electron chi connectivity index (χ2n) is 5.48. The topological polar surface area (TPSA) is 92.9 Å². The first kappa shape index (κ1) is 22.0. The number of hydrogen-bond donors (Lipinski definition) is 2. The van der Waals surface area contributed by atoms with E-state index in [9.17, 15) is 8.42 Å². The number of ether oxygens (including phenoxy) is 1. The van der Waals surface area contributed by atoms with E-state index in [0.717, 1.165) is 10.0 Å². The van der Waals surface area contributed by atoms with Crippen LogP contribution < -0.4 is 5.84 Å². The van der Waals surface area contributed by atoms with Crippen molar-refractivity contribution in [2.45, 2.75) is 38.1 Å². The summed E-state index contributed by atoms with van der Waals surface area (Å²) < 4.78 is 36.9. The van der Waals surface area contributed by atoms with E-state index < -0.39 is 15.6 Å². The molecule has 1 heterocycles. The Kier molecular flexibility index (Phi) is 7.95. The monoisotopic (exact) mass is 452 g/mol. The van der Waals surface area contributed by atoms with E-state index in [1.54, 1.807) is 32.2 Å². The van der Waals surface area contributed by atoms with Crippen molar-refractivity contribution in [3.8, 4) is 0 Å². The molecule has 1 unspecified atom stereocenters. The molecule has 0 saturated heterocycles. The van der Waals surface area contributed by atoms with Crippen molar-refractivity contribution >= 4 is 37.6 Å². The maximum atomic E-state index is 10.9. The van der Waals surface area contributed by atoms with Crippen molar-refractivity contribution in [3.63, 3.8) is 0 Å². The van der Waals surface area contributed by atoms with Crippen molar-refractivity contribution in [2.75, 3.05) is 6.61 Å². The molecular weight excluding hydrogens is 432 g/mol. The third kappa shape index (κ3) is 6.31. The number of allylic oxidation sites excluding steroid dienone is 2. The lowest BCUT2D eigenvalue weighted by molar-refractivity contribution is 0.184. The van der Waals surface area contributed by atoms with Gasteiger partial charge in [0.05, 0.1) is 11.5 Å². The summed E-state index contributed by atoms with van der Waals surface area (Å²) in [6, 6.07) is 3.46. The predicted octanol–water partition coefficient (Wildman–Crippen LogP) is 3.76. The zero-order chi connectivity index (χ0) is 19.4. The Labute approximate surface area is 162 Å². The molecule has 1 aromatic rings. The molecule has 6 nitrogen and oxygen atoms in total. The average molecular weight is 454 g/mol. The lowest BCUT2D eigenvalue weighted by Gasteiger charge is -2.26. The summed E-state index contributed by atoms with van der Waals surface area (Å²) >= 11 is 9.21. The molecule has 0 aromatic heterocycles. The second-order valence-corrected chi connectivity index (χ2v) is 8.17. The van der Waals surface area contributed by atoms with E-state index in [0.29, 0.717) is 23.5 Å². The largest absolute Gasteiger partial charge is 0.495 e. The summed E-state index contributed by atoms with van der Waals surface area (Å²) in [5.41, 5.74) is 1.74. The minimum atomic E-state index is -4.08. The molecular formula is C16H22BrClN2O4S. The molecule has 0 bridgehead atoms. The lowest BCUT2D eigenvalue weighted by Crippen LogP contribution is -2.36. The van der Waals surface area contributed by atoms with Crippen LogP contribution in [0.1, 0.15) is 23.6 Å². The van der Waals surface area contributed by atoms with Crippen LogP contribution in [0, 0.1) is 20.8 Å². The molecule has 0 spiro atoms. The van der Waals surface area contributed by atoms with Gasteiger partial charge in [0.2, 0.25) is 0 Å². The highest BCUT2D eigenvalue weighted by Crippen LogP contribution is 2.24. The normalized spacial score (nSPS) is 17.3. The van der Waals surface area contributed by atoms with Crippen LogP contribution in [0.15, 0.2) is 39.5 Å². The average Bonchev–Trinajstić information content (AvgIpc) is 2.42. The van der Waals surface area contributed by atoms with Crippen molar-refractivity contribution < 1.29 is 17.7 Å². The molecule has 1 aromatic carbocycles. The molecule has 0 aliphatic carbocycles. The van der Waals surface area contributed by atoms with Crippen molar-refractivity contribution in [3.05, 3.63) is 51.3 Å². The number of benzene rings is 1. The standard InChI is InChI=1S/C9H12O3S.C7H10BrClN2O/c1-6-4-7(2)9(8(3)5-6)13(10,11)12;1-2-12-6-3-5(8)4-11(10)7(6)9/h4-5H,1-3H3,(H,10,11,12);3-4,7H,2,10H2,1H3. The van der Waals surface area contributed by atoms with E-state index in [4.69, 9.17) is 26.7 Å². The van der Waals surface area contributed by atoms with Crippen molar-refractivity contribution in [1.29, 1.82) is 0 Å². The summed E-state index contributed by atoms with van der Waals surface area (Å²) in [6.07, 6.45) is 3.50. The van der Waals surface area contributed by atoms with Crippen LogP contribution in [0.3, 0.4) is 0 Å². The molecule has 3 N–H and O–H groups in total. The van der Waals surface area contributed by atoms with E-state index >= 15 is 0 Å². The van der Waals surface area contributed by atoms with Gasteiger partial charge in [-0.15, -0.1) is 0 Å². The van der Waals surface area contributed by atoms with Crippen LogP contribution in [0.25, 0.3) is 0 Å². The molecule has 140 valence electrons. The summed E-state index contributed by atoms with van der Waals surface area (Å²) in [5.74, 6) is 6.23. The first-order valence-corrected chi connectivity index (χ1v) is 10.1. The number of nitrogens with two attached hydrogens (primary N) is 1. The number of nitrogens with zero attached hydrogens (tertiary/aromatic N) is 1. The first-order chi connectivity index (χ1) is 11.5. The van der Waals surface area contributed by atoms with Crippen LogP contribution in [0.5, 0.6) is 0 Å². The second kappa shape index (κ2) is 9.05. The van der Waals surface area contributed by atoms with Crippen molar-refractivity contribution in [2.24, 2.45) is 5.84 Å². The molecule has 1 aliphatic heterocycles. The SMILES string of the molecule is CCOC1=CC(Br)=CN(N)C1Cl.Cc1cc(C)c(S(=O)(=O)O)c(C)c1. The van der Waals surface area contributed by atoms with Gasteiger partial charge in [0.25, 0.3) is 10.1 Å². The molecule has 0 radical (unpaired) electrons. The van der Waals surface area contributed by atoms with Gasteiger partial charge in [0.1, 0.15) is 5.76 Å². The van der Waals surface area contributed by atoms with E-state index in [1.165, 1.54) is 5.01 Å². The molecule has 0 amide bonds.